The normalized spacial score (nSPS) is 10.1. The third-order valence-corrected chi connectivity index (χ3v) is 2.80. The molecule has 1 N–H and O–H groups in total. The third kappa shape index (κ3) is 3.96. The van der Waals surface area contributed by atoms with Crippen molar-refractivity contribution in [1.29, 1.82) is 0 Å². The number of benzene rings is 1. The molecular weight excluding hydrogens is 206 g/mol. The van der Waals surface area contributed by atoms with Gasteiger partial charge in [0.05, 0.1) is 0 Å². The van der Waals surface area contributed by atoms with Gasteiger partial charge in [-0.15, -0.1) is 0 Å². The summed E-state index contributed by atoms with van der Waals surface area (Å²) in [6.07, 6.45) is 2.58. The summed E-state index contributed by atoms with van der Waals surface area (Å²) in [5, 5.41) is 2.92. The van der Waals surface area contributed by atoms with Crippen LogP contribution in [0.4, 0.5) is 5.69 Å². The maximum atomic E-state index is 11.5. The van der Waals surface area contributed by atoms with Crippen LogP contribution in [0.25, 0.3) is 0 Å². The van der Waals surface area contributed by atoms with Crippen molar-refractivity contribution >= 4 is 23.4 Å². The first-order valence-electron chi connectivity index (χ1n) is 4.99. The molecule has 0 fully saturated rings. The number of hydrogen-bond acceptors (Lipinski definition) is 2. The summed E-state index contributed by atoms with van der Waals surface area (Å²) in [7, 11) is 0. The van der Waals surface area contributed by atoms with E-state index in [1.807, 2.05) is 32.2 Å². The Hall–Kier alpha value is -0.960. The van der Waals surface area contributed by atoms with Gasteiger partial charge in [-0.1, -0.05) is 17.7 Å². The zero-order valence-electron chi connectivity index (χ0n) is 9.46. The van der Waals surface area contributed by atoms with Crippen LogP contribution in [0.5, 0.6) is 0 Å². The molecule has 0 bridgehead atoms. The van der Waals surface area contributed by atoms with Crippen LogP contribution < -0.4 is 5.32 Å². The highest BCUT2D eigenvalue weighted by Crippen LogP contribution is 2.16. The van der Waals surface area contributed by atoms with Crippen molar-refractivity contribution in [3.8, 4) is 0 Å². The van der Waals surface area contributed by atoms with Gasteiger partial charge in [0.25, 0.3) is 0 Å². The molecule has 0 aliphatic rings. The van der Waals surface area contributed by atoms with E-state index >= 15 is 0 Å². The van der Waals surface area contributed by atoms with Crippen LogP contribution in [0.1, 0.15) is 17.5 Å². The van der Waals surface area contributed by atoms with E-state index in [2.05, 4.69) is 11.4 Å². The van der Waals surface area contributed by atoms with Gasteiger partial charge in [0, 0.05) is 17.9 Å². The molecule has 0 spiro atoms. The number of nitrogens with one attached hydrogen (secondary N) is 1. The topological polar surface area (TPSA) is 29.1 Å². The minimum absolute atomic E-state index is 0.0938. The highest BCUT2D eigenvalue weighted by Gasteiger charge is 2.03. The van der Waals surface area contributed by atoms with Crippen LogP contribution in [-0.4, -0.2) is 17.9 Å². The van der Waals surface area contributed by atoms with Crippen molar-refractivity contribution in [2.75, 3.05) is 17.3 Å². The molecule has 1 aromatic carbocycles. The molecule has 0 saturated heterocycles. The lowest BCUT2D eigenvalue weighted by Crippen LogP contribution is -2.12. The predicted octanol–water partition coefficient (Wildman–Crippen LogP) is 3.00. The van der Waals surface area contributed by atoms with Crippen LogP contribution in [0, 0.1) is 13.8 Å². The molecule has 1 amide bonds. The molecule has 0 unspecified atom stereocenters. The Morgan fingerprint density at radius 3 is 2.73 bits per heavy atom. The van der Waals surface area contributed by atoms with Gasteiger partial charge in [-0.25, -0.2) is 0 Å². The molecule has 1 aromatic rings. The van der Waals surface area contributed by atoms with Crippen molar-refractivity contribution in [1.82, 2.24) is 0 Å². The summed E-state index contributed by atoms with van der Waals surface area (Å²) in [6.45, 7) is 4.06. The van der Waals surface area contributed by atoms with E-state index in [1.165, 1.54) is 5.56 Å². The van der Waals surface area contributed by atoms with Gasteiger partial charge in [0.15, 0.2) is 0 Å². The fraction of sp³-hybridized carbons (Fsp3) is 0.417. The number of carbonyl (C=O) groups excluding carboxylic acids is 1. The Morgan fingerprint density at radius 2 is 2.13 bits per heavy atom. The number of thioether (sulfide) groups is 1. The molecule has 0 heterocycles. The first kappa shape index (κ1) is 12.1. The van der Waals surface area contributed by atoms with Crippen LogP contribution in [0.3, 0.4) is 0 Å². The number of anilines is 1. The van der Waals surface area contributed by atoms with Crippen LogP contribution in [0.2, 0.25) is 0 Å². The zero-order valence-corrected chi connectivity index (χ0v) is 10.3. The number of rotatable bonds is 4. The molecule has 0 atom stereocenters. The van der Waals surface area contributed by atoms with Gasteiger partial charge in [-0.05, 0) is 31.7 Å². The summed E-state index contributed by atoms with van der Waals surface area (Å²) < 4.78 is 0. The second-order valence-electron chi connectivity index (χ2n) is 3.61. The van der Waals surface area contributed by atoms with Crippen molar-refractivity contribution in [3.05, 3.63) is 29.3 Å². The maximum absolute atomic E-state index is 11.5. The smallest absolute Gasteiger partial charge is 0.225 e. The van der Waals surface area contributed by atoms with E-state index in [4.69, 9.17) is 0 Å². The lowest BCUT2D eigenvalue weighted by atomic mass is 10.1. The molecule has 3 heteroatoms. The van der Waals surface area contributed by atoms with E-state index < -0.39 is 0 Å². The van der Waals surface area contributed by atoms with Crippen molar-refractivity contribution in [2.24, 2.45) is 0 Å². The second-order valence-corrected chi connectivity index (χ2v) is 4.59. The lowest BCUT2D eigenvalue weighted by Gasteiger charge is -2.08. The molecule has 2 nitrogen and oxygen atoms in total. The van der Waals surface area contributed by atoms with E-state index in [1.54, 1.807) is 11.8 Å². The van der Waals surface area contributed by atoms with Crippen molar-refractivity contribution < 1.29 is 4.79 Å². The Kier molecular flexibility index (Phi) is 4.69. The molecule has 0 aliphatic heterocycles. The van der Waals surface area contributed by atoms with Crippen molar-refractivity contribution in [3.63, 3.8) is 0 Å². The predicted molar refractivity (Wildman–Crippen MR) is 67.5 cm³/mol. The summed E-state index contributed by atoms with van der Waals surface area (Å²) in [5.74, 6) is 0.966. The Labute approximate surface area is 95.5 Å². The maximum Gasteiger partial charge on any atom is 0.225 e. The first-order chi connectivity index (χ1) is 7.13. The molecular formula is C12H17NOS. The number of aryl methyl sites for hydroxylation is 2. The Morgan fingerprint density at radius 1 is 1.40 bits per heavy atom. The third-order valence-electron chi connectivity index (χ3n) is 2.19. The molecule has 0 saturated carbocycles. The minimum atomic E-state index is 0.0938. The van der Waals surface area contributed by atoms with Gasteiger partial charge in [-0.2, -0.15) is 11.8 Å². The van der Waals surface area contributed by atoms with E-state index in [9.17, 15) is 4.79 Å². The number of hydrogen-bond donors (Lipinski definition) is 1. The van der Waals surface area contributed by atoms with Gasteiger partial charge in [-0.3, -0.25) is 4.79 Å². The molecule has 82 valence electrons. The first-order valence-corrected chi connectivity index (χ1v) is 6.39. The van der Waals surface area contributed by atoms with Crippen LogP contribution >= 0.6 is 11.8 Å². The quantitative estimate of drug-likeness (QED) is 0.850. The lowest BCUT2D eigenvalue weighted by molar-refractivity contribution is -0.115. The van der Waals surface area contributed by atoms with Crippen LogP contribution in [0.15, 0.2) is 18.2 Å². The molecule has 15 heavy (non-hydrogen) atoms. The standard InChI is InChI=1S/C12H17NOS/c1-9-4-5-11(10(2)8-9)13-12(14)6-7-15-3/h4-5,8H,6-7H2,1-3H3,(H,13,14). The summed E-state index contributed by atoms with van der Waals surface area (Å²) in [4.78, 5) is 11.5. The fourth-order valence-corrected chi connectivity index (χ4v) is 1.75. The second kappa shape index (κ2) is 5.81. The molecule has 0 radical (unpaired) electrons. The monoisotopic (exact) mass is 223 g/mol. The van der Waals surface area contributed by atoms with E-state index in [-0.39, 0.29) is 5.91 Å². The number of carbonyl (C=O) groups is 1. The minimum Gasteiger partial charge on any atom is -0.326 e. The van der Waals surface area contributed by atoms with Gasteiger partial charge in [0.2, 0.25) is 5.91 Å². The molecule has 0 aromatic heterocycles. The van der Waals surface area contributed by atoms with Crippen molar-refractivity contribution in [2.45, 2.75) is 20.3 Å². The van der Waals surface area contributed by atoms with Gasteiger partial charge >= 0.3 is 0 Å². The van der Waals surface area contributed by atoms with E-state index in [0.717, 1.165) is 17.0 Å². The van der Waals surface area contributed by atoms with Gasteiger partial charge in [0.1, 0.15) is 0 Å². The number of amides is 1. The average molecular weight is 223 g/mol. The van der Waals surface area contributed by atoms with Crippen LogP contribution in [-0.2, 0) is 4.79 Å². The Bertz CT molecular complexity index is 349. The summed E-state index contributed by atoms with van der Waals surface area (Å²) >= 11 is 1.69. The van der Waals surface area contributed by atoms with Gasteiger partial charge < -0.3 is 5.32 Å². The zero-order chi connectivity index (χ0) is 11.3. The SMILES string of the molecule is CSCCC(=O)Nc1ccc(C)cc1C. The highest BCUT2D eigenvalue weighted by atomic mass is 32.2. The Balaban J connectivity index is 2.60. The fourth-order valence-electron chi connectivity index (χ4n) is 1.36. The molecule has 1 rings (SSSR count). The average Bonchev–Trinajstić information content (AvgIpc) is 2.19. The van der Waals surface area contributed by atoms with E-state index in [0.29, 0.717) is 6.42 Å². The summed E-state index contributed by atoms with van der Waals surface area (Å²) in [5.41, 5.74) is 3.26. The highest BCUT2D eigenvalue weighted by molar-refractivity contribution is 7.98. The molecule has 0 aliphatic carbocycles. The largest absolute Gasteiger partial charge is 0.326 e. The summed E-state index contributed by atoms with van der Waals surface area (Å²) in [6, 6.07) is 6.04.